The van der Waals surface area contributed by atoms with Crippen LogP contribution >= 0.6 is 0 Å². The Morgan fingerprint density at radius 1 is 1.20 bits per heavy atom. The van der Waals surface area contributed by atoms with Crippen molar-refractivity contribution in [2.75, 3.05) is 0 Å². The summed E-state index contributed by atoms with van der Waals surface area (Å²) in [5, 5.41) is 9.01. The molecule has 1 N–H and O–H groups in total. The number of hydrogen-bond acceptors (Lipinski definition) is 1. The lowest BCUT2D eigenvalue weighted by Crippen LogP contribution is -2.03. The van der Waals surface area contributed by atoms with Crippen LogP contribution in [0, 0.1) is 0 Å². The molecule has 0 saturated carbocycles. The fraction of sp³-hybridized carbons (Fsp3) is 0.462. The van der Waals surface area contributed by atoms with Crippen LogP contribution in [0.4, 0.5) is 0 Å². The molecule has 0 amide bonds. The highest BCUT2D eigenvalue weighted by atomic mass is 16.4. The van der Waals surface area contributed by atoms with E-state index in [0.29, 0.717) is 5.56 Å². The number of aryl methyl sites for hydroxylation is 2. The lowest BCUT2D eigenvalue weighted by Gasteiger charge is -2.07. The number of carboxylic acid groups (broad SMARTS) is 1. The molecule has 0 spiro atoms. The minimum absolute atomic E-state index is 0.455. The number of benzene rings is 1. The van der Waals surface area contributed by atoms with Crippen LogP contribution in [-0.2, 0) is 12.8 Å². The monoisotopic (exact) mass is 206 g/mol. The fourth-order valence-corrected chi connectivity index (χ4v) is 1.78. The van der Waals surface area contributed by atoms with Crippen molar-refractivity contribution in [3.63, 3.8) is 0 Å². The number of carboxylic acids is 1. The molecule has 82 valence electrons. The number of carbonyl (C=O) groups is 1. The average Bonchev–Trinajstić information content (AvgIpc) is 2.18. The van der Waals surface area contributed by atoms with Crippen molar-refractivity contribution in [3.05, 3.63) is 34.9 Å². The van der Waals surface area contributed by atoms with E-state index < -0.39 is 5.97 Å². The molecule has 15 heavy (non-hydrogen) atoms. The maximum absolute atomic E-state index is 11.0. The third-order valence-electron chi connectivity index (χ3n) is 2.46. The summed E-state index contributed by atoms with van der Waals surface area (Å²) in [5.41, 5.74) is 2.67. The largest absolute Gasteiger partial charge is 0.478 e. The zero-order chi connectivity index (χ0) is 11.3. The van der Waals surface area contributed by atoms with Gasteiger partial charge in [0.2, 0.25) is 0 Å². The summed E-state index contributed by atoms with van der Waals surface area (Å²) < 4.78 is 0. The maximum Gasteiger partial charge on any atom is 0.335 e. The van der Waals surface area contributed by atoms with E-state index in [-0.39, 0.29) is 0 Å². The highest BCUT2D eigenvalue weighted by Crippen LogP contribution is 2.15. The standard InChI is InChI=1S/C13H18O2/c1-3-5-10-7-8-12(13(14)15)11(9-10)6-4-2/h7-9H,3-6H2,1-2H3,(H,14,15). The molecule has 0 bridgehead atoms. The summed E-state index contributed by atoms with van der Waals surface area (Å²) in [6, 6.07) is 5.70. The smallest absolute Gasteiger partial charge is 0.335 e. The van der Waals surface area contributed by atoms with Crippen molar-refractivity contribution < 1.29 is 9.90 Å². The van der Waals surface area contributed by atoms with Crippen molar-refractivity contribution in [1.82, 2.24) is 0 Å². The van der Waals surface area contributed by atoms with Gasteiger partial charge in [0.25, 0.3) is 0 Å². The zero-order valence-corrected chi connectivity index (χ0v) is 9.42. The maximum atomic E-state index is 11.0. The summed E-state index contributed by atoms with van der Waals surface area (Å²) in [7, 11) is 0. The molecule has 1 rings (SSSR count). The van der Waals surface area contributed by atoms with Crippen LogP contribution < -0.4 is 0 Å². The van der Waals surface area contributed by atoms with Crippen LogP contribution in [0.2, 0.25) is 0 Å². The lowest BCUT2D eigenvalue weighted by atomic mass is 9.98. The van der Waals surface area contributed by atoms with Gasteiger partial charge in [-0.15, -0.1) is 0 Å². The SMILES string of the molecule is CCCc1ccc(C(=O)O)c(CCC)c1. The number of rotatable bonds is 5. The highest BCUT2D eigenvalue weighted by molar-refractivity contribution is 5.89. The van der Waals surface area contributed by atoms with Crippen molar-refractivity contribution in [2.24, 2.45) is 0 Å². The Kier molecular flexibility index (Phi) is 4.35. The van der Waals surface area contributed by atoms with Gasteiger partial charge in [0.05, 0.1) is 5.56 Å². The third-order valence-corrected chi connectivity index (χ3v) is 2.46. The van der Waals surface area contributed by atoms with Gasteiger partial charge in [-0.3, -0.25) is 0 Å². The fourth-order valence-electron chi connectivity index (χ4n) is 1.78. The molecule has 0 radical (unpaired) electrons. The van der Waals surface area contributed by atoms with Crippen molar-refractivity contribution in [1.29, 1.82) is 0 Å². The Balaban J connectivity index is 3.03. The molecule has 0 aliphatic heterocycles. The van der Waals surface area contributed by atoms with Gasteiger partial charge in [-0.05, 0) is 30.0 Å². The third kappa shape index (κ3) is 3.08. The molecule has 0 unspecified atom stereocenters. The minimum Gasteiger partial charge on any atom is -0.478 e. The lowest BCUT2D eigenvalue weighted by molar-refractivity contribution is 0.0695. The molecule has 0 heterocycles. The average molecular weight is 206 g/mol. The van der Waals surface area contributed by atoms with Gasteiger partial charge in [-0.25, -0.2) is 4.79 Å². The summed E-state index contributed by atoms with van der Waals surface area (Å²) in [6.45, 7) is 4.20. The van der Waals surface area contributed by atoms with Gasteiger partial charge >= 0.3 is 5.97 Å². The molecular weight excluding hydrogens is 188 g/mol. The molecule has 0 atom stereocenters. The first-order valence-corrected chi connectivity index (χ1v) is 5.54. The van der Waals surface area contributed by atoms with E-state index in [1.54, 1.807) is 6.07 Å². The normalized spacial score (nSPS) is 10.3. The number of aromatic carboxylic acids is 1. The molecule has 0 saturated heterocycles. The molecule has 1 aromatic rings. The van der Waals surface area contributed by atoms with Gasteiger partial charge in [0.1, 0.15) is 0 Å². The zero-order valence-electron chi connectivity index (χ0n) is 9.42. The Morgan fingerprint density at radius 3 is 2.40 bits per heavy atom. The van der Waals surface area contributed by atoms with Gasteiger partial charge in [-0.2, -0.15) is 0 Å². The quantitative estimate of drug-likeness (QED) is 0.802. The van der Waals surface area contributed by atoms with Crippen molar-refractivity contribution in [2.45, 2.75) is 39.5 Å². The van der Waals surface area contributed by atoms with E-state index in [1.807, 2.05) is 12.1 Å². The molecule has 2 heteroatoms. The molecule has 0 aromatic heterocycles. The van der Waals surface area contributed by atoms with E-state index in [4.69, 9.17) is 5.11 Å². The Hall–Kier alpha value is -1.31. The topological polar surface area (TPSA) is 37.3 Å². The van der Waals surface area contributed by atoms with Gasteiger partial charge in [-0.1, -0.05) is 38.8 Å². The van der Waals surface area contributed by atoms with E-state index in [9.17, 15) is 4.79 Å². The predicted octanol–water partition coefficient (Wildman–Crippen LogP) is 3.29. The van der Waals surface area contributed by atoms with Crippen molar-refractivity contribution >= 4 is 5.97 Å². The van der Waals surface area contributed by atoms with Gasteiger partial charge < -0.3 is 5.11 Å². The minimum atomic E-state index is -0.818. The first-order chi connectivity index (χ1) is 7.19. The van der Waals surface area contributed by atoms with E-state index in [0.717, 1.165) is 31.2 Å². The summed E-state index contributed by atoms with van der Waals surface area (Å²) >= 11 is 0. The predicted molar refractivity (Wildman–Crippen MR) is 61.4 cm³/mol. The van der Waals surface area contributed by atoms with E-state index in [1.165, 1.54) is 5.56 Å². The second-order valence-corrected chi connectivity index (χ2v) is 3.80. The Labute approximate surface area is 90.9 Å². The molecule has 1 aromatic carbocycles. The molecule has 0 aliphatic rings. The molecule has 0 aliphatic carbocycles. The summed E-state index contributed by atoms with van der Waals surface area (Å²) in [5.74, 6) is -0.818. The first-order valence-electron chi connectivity index (χ1n) is 5.54. The molecule has 0 fully saturated rings. The van der Waals surface area contributed by atoms with Gasteiger partial charge in [0.15, 0.2) is 0 Å². The Bertz CT molecular complexity index is 342. The molecule has 2 nitrogen and oxygen atoms in total. The summed E-state index contributed by atoms with van der Waals surface area (Å²) in [6.07, 6.45) is 3.95. The van der Waals surface area contributed by atoms with Crippen LogP contribution in [0.15, 0.2) is 18.2 Å². The van der Waals surface area contributed by atoms with Crippen LogP contribution in [0.25, 0.3) is 0 Å². The second kappa shape index (κ2) is 5.54. The second-order valence-electron chi connectivity index (χ2n) is 3.80. The van der Waals surface area contributed by atoms with Gasteiger partial charge in [0, 0.05) is 0 Å². The van der Waals surface area contributed by atoms with E-state index in [2.05, 4.69) is 13.8 Å². The van der Waals surface area contributed by atoms with Crippen LogP contribution in [0.3, 0.4) is 0 Å². The van der Waals surface area contributed by atoms with Crippen LogP contribution in [-0.4, -0.2) is 11.1 Å². The van der Waals surface area contributed by atoms with E-state index >= 15 is 0 Å². The molecular formula is C13H18O2. The van der Waals surface area contributed by atoms with Crippen molar-refractivity contribution in [3.8, 4) is 0 Å². The highest BCUT2D eigenvalue weighted by Gasteiger charge is 2.09. The number of hydrogen-bond donors (Lipinski definition) is 1. The van der Waals surface area contributed by atoms with Crippen LogP contribution in [0.5, 0.6) is 0 Å². The Morgan fingerprint density at radius 2 is 1.87 bits per heavy atom. The van der Waals surface area contributed by atoms with Crippen LogP contribution in [0.1, 0.15) is 48.2 Å². The summed E-state index contributed by atoms with van der Waals surface area (Å²) in [4.78, 5) is 11.0. The first kappa shape index (κ1) is 11.8.